The Morgan fingerprint density at radius 2 is 2.06 bits per heavy atom. The number of para-hydroxylation sites is 1. The lowest BCUT2D eigenvalue weighted by Crippen LogP contribution is -2.19. The maximum Gasteiger partial charge on any atom is 0.224 e. The molecule has 5 heteroatoms. The molecule has 0 aliphatic rings. The SMILES string of the molecule is CN(C)CCCC(=O)Nc1ccccc1C(N)=S. The van der Waals surface area contributed by atoms with E-state index >= 15 is 0 Å². The molecule has 0 radical (unpaired) electrons. The van der Waals surface area contributed by atoms with Crippen molar-refractivity contribution in [3.63, 3.8) is 0 Å². The molecule has 0 fully saturated rings. The predicted octanol–water partition coefficient (Wildman–Crippen LogP) is 1.60. The zero-order valence-electron chi connectivity index (χ0n) is 10.8. The number of hydrogen-bond acceptors (Lipinski definition) is 3. The molecule has 0 bridgehead atoms. The molecule has 0 saturated carbocycles. The number of anilines is 1. The van der Waals surface area contributed by atoms with Gasteiger partial charge >= 0.3 is 0 Å². The van der Waals surface area contributed by atoms with Gasteiger partial charge in [0.05, 0.1) is 5.69 Å². The molecule has 0 aliphatic heterocycles. The van der Waals surface area contributed by atoms with Crippen LogP contribution in [0.2, 0.25) is 0 Å². The monoisotopic (exact) mass is 265 g/mol. The Balaban J connectivity index is 2.56. The highest BCUT2D eigenvalue weighted by molar-refractivity contribution is 7.80. The summed E-state index contributed by atoms with van der Waals surface area (Å²) in [5, 5.41) is 2.84. The summed E-state index contributed by atoms with van der Waals surface area (Å²) in [5.41, 5.74) is 6.99. The number of amides is 1. The van der Waals surface area contributed by atoms with Gasteiger partial charge < -0.3 is 16.0 Å². The van der Waals surface area contributed by atoms with Gasteiger partial charge in [0.25, 0.3) is 0 Å². The van der Waals surface area contributed by atoms with Crippen LogP contribution in [-0.2, 0) is 4.79 Å². The molecule has 98 valence electrons. The minimum atomic E-state index is -0.0134. The van der Waals surface area contributed by atoms with Gasteiger partial charge in [-0.15, -0.1) is 0 Å². The van der Waals surface area contributed by atoms with Gasteiger partial charge in [0.2, 0.25) is 5.91 Å². The highest BCUT2D eigenvalue weighted by Crippen LogP contribution is 2.15. The van der Waals surface area contributed by atoms with E-state index in [0.29, 0.717) is 22.7 Å². The van der Waals surface area contributed by atoms with Gasteiger partial charge in [-0.25, -0.2) is 0 Å². The smallest absolute Gasteiger partial charge is 0.224 e. The van der Waals surface area contributed by atoms with E-state index in [1.807, 2.05) is 26.2 Å². The second-order valence-corrected chi connectivity index (χ2v) is 4.80. The van der Waals surface area contributed by atoms with Crippen molar-refractivity contribution in [2.75, 3.05) is 26.0 Å². The maximum atomic E-state index is 11.8. The average Bonchev–Trinajstić information content (AvgIpc) is 2.28. The fourth-order valence-corrected chi connectivity index (χ4v) is 1.75. The van der Waals surface area contributed by atoms with Crippen LogP contribution in [0.1, 0.15) is 18.4 Å². The molecular formula is C13H19N3OS. The Morgan fingerprint density at radius 3 is 2.67 bits per heavy atom. The van der Waals surface area contributed by atoms with Crippen LogP contribution >= 0.6 is 12.2 Å². The van der Waals surface area contributed by atoms with Crippen molar-refractivity contribution in [3.8, 4) is 0 Å². The molecule has 1 rings (SSSR count). The first-order valence-corrected chi connectivity index (χ1v) is 6.25. The van der Waals surface area contributed by atoms with Crippen molar-refractivity contribution in [2.24, 2.45) is 5.73 Å². The van der Waals surface area contributed by atoms with Crippen LogP contribution in [0.3, 0.4) is 0 Å². The summed E-state index contributed by atoms with van der Waals surface area (Å²) >= 11 is 4.94. The molecule has 4 nitrogen and oxygen atoms in total. The molecular weight excluding hydrogens is 246 g/mol. The fourth-order valence-electron chi connectivity index (χ4n) is 1.58. The number of hydrogen-bond donors (Lipinski definition) is 2. The van der Waals surface area contributed by atoms with Crippen LogP contribution in [-0.4, -0.2) is 36.4 Å². The van der Waals surface area contributed by atoms with Gasteiger partial charge in [0.15, 0.2) is 0 Å². The third-order valence-corrected chi connectivity index (χ3v) is 2.70. The fraction of sp³-hybridized carbons (Fsp3) is 0.385. The first-order valence-electron chi connectivity index (χ1n) is 5.84. The molecule has 0 heterocycles. The molecule has 0 aliphatic carbocycles. The standard InChI is InChI=1S/C13H19N3OS/c1-16(2)9-5-8-12(17)15-11-7-4-3-6-10(11)13(14)18/h3-4,6-7H,5,8-9H2,1-2H3,(H2,14,18)(H,15,17). The van der Waals surface area contributed by atoms with Crippen molar-refractivity contribution in [3.05, 3.63) is 29.8 Å². The van der Waals surface area contributed by atoms with Crippen molar-refractivity contribution in [2.45, 2.75) is 12.8 Å². The van der Waals surface area contributed by atoms with Crippen LogP contribution in [0.4, 0.5) is 5.69 Å². The van der Waals surface area contributed by atoms with Crippen LogP contribution in [0.15, 0.2) is 24.3 Å². The van der Waals surface area contributed by atoms with E-state index in [9.17, 15) is 4.79 Å². The molecule has 1 aromatic rings. The van der Waals surface area contributed by atoms with Crippen molar-refractivity contribution in [1.82, 2.24) is 4.90 Å². The number of nitrogens with one attached hydrogen (secondary N) is 1. The van der Waals surface area contributed by atoms with Gasteiger partial charge in [0.1, 0.15) is 4.99 Å². The molecule has 0 spiro atoms. The van der Waals surface area contributed by atoms with Crippen molar-refractivity contribution < 1.29 is 4.79 Å². The summed E-state index contributed by atoms with van der Waals surface area (Å²) in [4.78, 5) is 14.1. The van der Waals surface area contributed by atoms with E-state index in [4.69, 9.17) is 18.0 Å². The van der Waals surface area contributed by atoms with E-state index in [-0.39, 0.29) is 5.91 Å². The van der Waals surface area contributed by atoms with Gasteiger partial charge in [-0.05, 0) is 39.2 Å². The molecule has 0 aromatic heterocycles. The third kappa shape index (κ3) is 4.81. The van der Waals surface area contributed by atoms with Gasteiger partial charge in [0, 0.05) is 12.0 Å². The molecule has 1 amide bonds. The quantitative estimate of drug-likeness (QED) is 0.767. The van der Waals surface area contributed by atoms with E-state index in [0.717, 1.165) is 13.0 Å². The molecule has 3 N–H and O–H groups in total. The van der Waals surface area contributed by atoms with E-state index in [1.54, 1.807) is 12.1 Å². The van der Waals surface area contributed by atoms with Crippen molar-refractivity contribution >= 4 is 28.8 Å². The van der Waals surface area contributed by atoms with Gasteiger partial charge in [-0.2, -0.15) is 0 Å². The predicted molar refractivity (Wildman–Crippen MR) is 78.7 cm³/mol. The molecule has 0 saturated heterocycles. The van der Waals surface area contributed by atoms with Gasteiger partial charge in [-0.1, -0.05) is 24.4 Å². The minimum absolute atomic E-state index is 0.0134. The van der Waals surface area contributed by atoms with Crippen LogP contribution in [0.5, 0.6) is 0 Å². The highest BCUT2D eigenvalue weighted by atomic mass is 32.1. The first kappa shape index (κ1) is 14.6. The normalized spacial score (nSPS) is 10.4. The second kappa shape index (κ2) is 7.08. The van der Waals surface area contributed by atoms with Crippen LogP contribution in [0.25, 0.3) is 0 Å². The summed E-state index contributed by atoms with van der Waals surface area (Å²) in [5.74, 6) is -0.0134. The molecule has 0 atom stereocenters. The number of benzene rings is 1. The number of carbonyl (C=O) groups is 1. The van der Waals surface area contributed by atoms with Crippen LogP contribution in [0, 0.1) is 0 Å². The highest BCUT2D eigenvalue weighted by Gasteiger charge is 2.07. The maximum absolute atomic E-state index is 11.8. The molecule has 18 heavy (non-hydrogen) atoms. The van der Waals surface area contributed by atoms with Gasteiger partial charge in [-0.3, -0.25) is 4.79 Å². The Labute approximate surface area is 113 Å². The Morgan fingerprint density at radius 1 is 1.39 bits per heavy atom. The Bertz CT molecular complexity index is 432. The Hall–Kier alpha value is -1.46. The Kier molecular flexibility index (Phi) is 5.74. The largest absolute Gasteiger partial charge is 0.389 e. The lowest BCUT2D eigenvalue weighted by atomic mass is 10.1. The number of thiocarbonyl (C=S) groups is 1. The number of nitrogens with zero attached hydrogens (tertiary/aromatic N) is 1. The summed E-state index contributed by atoms with van der Waals surface area (Å²) in [6.45, 7) is 0.893. The summed E-state index contributed by atoms with van der Waals surface area (Å²) < 4.78 is 0. The summed E-state index contributed by atoms with van der Waals surface area (Å²) in [6.07, 6.45) is 1.32. The molecule has 1 aromatic carbocycles. The van der Waals surface area contributed by atoms with E-state index < -0.39 is 0 Å². The second-order valence-electron chi connectivity index (χ2n) is 4.36. The lowest BCUT2D eigenvalue weighted by Gasteiger charge is -2.11. The minimum Gasteiger partial charge on any atom is -0.389 e. The summed E-state index contributed by atoms with van der Waals surface area (Å²) in [7, 11) is 3.97. The lowest BCUT2D eigenvalue weighted by molar-refractivity contribution is -0.116. The topological polar surface area (TPSA) is 58.4 Å². The van der Waals surface area contributed by atoms with Crippen LogP contribution < -0.4 is 11.1 Å². The molecule has 0 unspecified atom stereocenters. The number of carbonyl (C=O) groups excluding carboxylic acids is 1. The van der Waals surface area contributed by atoms with E-state index in [2.05, 4.69) is 10.2 Å². The average molecular weight is 265 g/mol. The first-order chi connectivity index (χ1) is 8.50. The van der Waals surface area contributed by atoms with Crippen molar-refractivity contribution in [1.29, 1.82) is 0 Å². The number of nitrogens with two attached hydrogens (primary N) is 1. The van der Waals surface area contributed by atoms with E-state index in [1.165, 1.54) is 0 Å². The number of rotatable bonds is 6. The summed E-state index contributed by atoms with van der Waals surface area (Å²) in [6, 6.07) is 7.30. The zero-order valence-corrected chi connectivity index (χ0v) is 11.6. The zero-order chi connectivity index (χ0) is 13.5. The third-order valence-electron chi connectivity index (χ3n) is 2.48.